The molecule has 0 N–H and O–H groups in total. The normalized spacial score (nSPS) is 16.4. The van der Waals surface area contributed by atoms with Crippen molar-refractivity contribution in [1.29, 1.82) is 0 Å². The third-order valence-electron chi connectivity index (χ3n) is 3.35. The van der Waals surface area contributed by atoms with E-state index in [0.29, 0.717) is 13.2 Å². The molecule has 3 heterocycles. The first-order valence-electron chi connectivity index (χ1n) is 7.18. The molecule has 0 fully saturated rings. The summed E-state index contributed by atoms with van der Waals surface area (Å²) in [6, 6.07) is 11.8. The minimum absolute atomic E-state index is 0.0122. The van der Waals surface area contributed by atoms with Crippen LogP contribution in [0.1, 0.15) is 4.88 Å². The minimum Gasteiger partial charge on any atom is -0.486 e. The number of para-hydroxylation sites is 2. The molecule has 8 heteroatoms. The predicted octanol–water partition coefficient (Wildman–Crippen LogP) is 2.72. The van der Waals surface area contributed by atoms with Crippen molar-refractivity contribution in [3.8, 4) is 11.5 Å². The van der Waals surface area contributed by atoms with E-state index in [1.807, 2.05) is 35.0 Å². The van der Waals surface area contributed by atoms with Crippen LogP contribution in [0.4, 0.5) is 0 Å². The summed E-state index contributed by atoms with van der Waals surface area (Å²) in [7, 11) is 0. The fraction of sp³-hybridized carbons (Fsp3) is 0.267. The number of hydrogen-bond acceptors (Lipinski definition) is 7. The lowest BCUT2D eigenvalue weighted by molar-refractivity contribution is 0.107. The number of ether oxygens (including phenoxy) is 2. The van der Waals surface area contributed by atoms with E-state index < -0.39 is 0 Å². The maximum absolute atomic E-state index is 5.95. The largest absolute Gasteiger partial charge is 0.486 e. The molecule has 0 saturated heterocycles. The summed E-state index contributed by atoms with van der Waals surface area (Å²) in [5.74, 6) is 2.33. The fourth-order valence-corrected chi connectivity index (χ4v) is 3.79. The molecule has 1 aliphatic rings. The molecule has 0 spiro atoms. The molecule has 6 nitrogen and oxygen atoms in total. The van der Waals surface area contributed by atoms with Gasteiger partial charge in [0.25, 0.3) is 0 Å². The number of benzene rings is 1. The van der Waals surface area contributed by atoms with Gasteiger partial charge >= 0.3 is 0 Å². The highest BCUT2D eigenvalue weighted by Crippen LogP contribution is 2.32. The van der Waals surface area contributed by atoms with Crippen LogP contribution in [-0.4, -0.2) is 38.7 Å². The van der Waals surface area contributed by atoms with Crippen LogP contribution in [0.15, 0.2) is 46.9 Å². The van der Waals surface area contributed by atoms with Gasteiger partial charge < -0.3 is 9.47 Å². The van der Waals surface area contributed by atoms with E-state index in [9.17, 15) is 0 Å². The summed E-state index contributed by atoms with van der Waals surface area (Å²) in [6.07, 6.45) is -0.0122. The molecule has 1 atom stereocenters. The van der Waals surface area contributed by atoms with Crippen LogP contribution in [0, 0.1) is 0 Å². The average molecular weight is 346 g/mol. The number of nitrogens with zero attached hydrogens (tertiary/aromatic N) is 4. The summed E-state index contributed by atoms with van der Waals surface area (Å²) in [4.78, 5) is 1.23. The Morgan fingerprint density at radius 2 is 2.13 bits per heavy atom. The van der Waals surface area contributed by atoms with Gasteiger partial charge in [-0.2, -0.15) is 0 Å². The molecule has 0 saturated carbocycles. The molecule has 3 aromatic rings. The van der Waals surface area contributed by atoms with Gasteiger partial charge in [-0.3, -0.25) is 0 Å². The van der Waals surface area contributed by atoms with Crippen LogP contribution >= 0.6 is 23.1 Å². The van der Waals surface area contributed by atoms with Crippen molar-refractivity contribution in [2.24, 2.45) is 0 Å². The number of aromatic nitrogens is 4. The van der Waals surface area contributed by atoms with E-state index >= 15 is 0 Å². The third kappa shape index (κ3) is 3.32. The fourth-order valence-electron chi connectivity index (χ4n) is 2.26. The Kier molecular flexibility index (Phi) is 4.16. The first-order valence-corrected chi connectivity index (χ1v) is 9.05. The standard InChI is InChI=1S/C15H14N4O2S2/c1-2-6-14-13(5-1)20-9-11(21-14)10-23-15-16-17-18-19(15)8-12-4-3-7-22-12/h1-7,11H,8-10H2/t11-/m0/s1. The molecular formula is C15H14N4O2S2. The topological polar surface area (TPSA) is 62.1 Å². The predicted molar refractivity (Wildman–Crippen MR) is 88.3 cm³/mol. The van der Waals surface area contributed by atoms with Crippen LogP contribution in [0.2, 0.25) is 0 Å². The highest BCUT2D eigenvalue weighted by Gasteiger charge is 2.21. The van der Waals surface area contributed by atoms with E-state index in [0.717, 1.165) is 22.4 Å². The maximum atomic E-state index is 5.95. The molecule has 0 aliphatic carbocycles. The maximum Gasteiger partial charge on any atom is 0.209 e. The zero-order chi connectivity index (χ0) is 15.5. The Hall–Kier alpha value is -2.06. The number of thioether (sulfide) groups is 1. The Balaban J connectivity index is 1.38. The number of thiophene rings is 1. The van der Waals surface area contributed by atoms with Crippen molar-refractivity contribution in [3.63, 3.8) is 0 Å². The second kappa shape index (κ2) is 6.59. The number of rotatable bonds is 5. The van der Waals surface area contributed by atoms with Crippen molar-refractivity contribution >= 4 is 23.1 Å². The third-order valence-corrected chi connectivity index (χ3v) is 5.30. The molecule has 23 heavy (non-hydrogen) atoms. The Morgan fingerprint density at radius 3 is 3.00 bits per heavy atom. The quantitative estimate of drug-likeness (QED) is 0.662. The summed E-state index contributed by atoms with van der Waals surface area (Å²) in [5, 5.41) is 14.8. The van der Waals surface area contributed by atoms with E-state index in [4.69, 9.17) is 9.47 Å². The molecule has 118 valence electrons. The van der Waals surface area contributed by atoms with Crippen molar-refractivity contribution in [2.75, 3.05) is 12.4 Å². The Morgan fingerprint density at radius 1 is 1.22 bits per heavy atom. The van der Waals surface area contributed by atoms with Crippen molar-refractivity contribution in [1.82, 2.24) is 20.2 Å². The molecule has 2 aromatic heterocycles. The van der Waals surface area contributed by atoms with Gasteiger partial charge in [0.2, 0.25) is 5.16 Å². The molecule has 0 bridgehead atoms. The number of tetrazole rings is 1. The lowest BCUT2D eigenvalue weighted by atomic mass is 10.3. The Bertz CT molecular complexity index is 775. The van der Waals surface area contributed by atoms with Gasteiger partial charge in [-0.1, -0.05) is 30.0 Å². The summed E-state index contributed by atoms with van der Waals surface area (Å²) in [6.45, 7) is 1.23. The van der Waals surface area contributed by atoms with Crippen molar-refractivity contribution < 1.29 is 9.47 Å². The summed E-state index contributed by atoms with van der Waals surface area (Å²) < 4.78 is 13.5. The summed E-state index contributed by atoms with van der Waals surface area (Å²) >= 11 is 3.28. The SMILES string of the molecule is c1csc(Cn2nnnc2SC[C@@H]2COc3ccccc3O2)c1. The van der Waals surface area contributed by atoms with Crippen molar-refractivity contribution in [3.05, 3.63) is 46.7 Å². The monoisotopic (exact) mass is 346 g/mol. The van der Waals surface area contributed by atoms with Gasteiger partial charge in [0, 0.05) is 10.6 Å². The van der Waals surface area contributed by atoms with E-state index in [-0.39, 0.29) is 6.10 Å². The second-order valence-corrected chi connectivity index (χ2v) is 7.03. The smallest absolute Gasteiger partial charge is 0.209 e. The van der Waals surface area contributed by atoms with Gasteiger partial charge in [-0.15, -0.1) is 16.4 Å². The molecule has 1 aliphatic heterocycles. The van der Waals surface area contributed by atoms with Gasteiger partial charge in [-0.05, 0) is 34.0 Å². The van der Waals surface area contributed by atoms with Crippen molar-refractivity contribution in [2.45, 2.75) is 17.8 Å². The van der Waals surface area contributed by atoms with E-state index in [2.05, 4.69) is 27.0 Å². The van der Waals surface area contributed by atoms with Gasteiger partial charge in [-0.25, -0.2) is 4.68 Å². The molecule has 4 rings (SSSR count). The summed E-state index contributed by atoms with van der Waals surface area (Å²) in [5.41, 5.74) is 0. The second-order valence-electron chi connectivity index (χ2n) is 5.01. The highest BCUT2D eigenvalue weighted by molar-refractivity contribution is 7.99. The minimum atomic E-state index is -0.0122. The van der Waals surface area contributed by atoms with Crippen LogP contribution in [0.5, 0.6) is 11.5 Å². The lowest BCUT2D eigenvalue weighted by Crippen LogP contribution is -2.31. The van der Waals surface area contributed by atoms with Crippen LogP contribution in [0.25, 0.3) is 0 Å². The molecule has 0 unspecified atom stereocenters. The molecule has 1 aromatic carbocycles. The average Bonchev–Trinajstić information content (AvgIpc) is 3.25. The van der Waals surface area contributed by atoms with Gasteiger partial charge in [0.05, 0.1) is 6.54 Å². The number of hydrogen-bond donors (Lipinski definition) is 0. The lowest BCUT2D eigenvalue weighted by Gasteiger charge is -2.25. The first-order chi connectivity index (χ1) is 11.4. The van der Waals surface area contributed by atoms with Gasteiger partial charge in [0.15, 0.2) is 11.5 Å². The first kappa shape index (κ1) is 14.5. The van der Waals surface area contributed by atoms with Crippen LogP contribution in [-0.2, 0) is 6.54 Å². The van der Waals surface area contributed by atoms with E-state index in [1.54, 1.807) is 23.1 Å². The zero-order valence-corrected chi connectivity index (χ0v) is 13.8. The Labute approximate surface area is 141 Å². The van der Waals surface area contributed by atoms with Crippen LogP contribution in [0.3, 0.4) is 0 Å². The van der Waals surface area contributed by atoms with Crippen LogP contribution < -0.4 is 9.47 Å². The van der Waals surface area contributed by atoms with E-state index in [1.165, 1.54) is 4.88 Å². The molecule has 0 radical (unpaired) electrons. The zero-order valence-electron chi connectivity index (χ0n) is 12.2. The van der Waals surface area contributed by atoms with Gasteiger partial charge in [0.1, 0.15) is 12.7 Å². The molecular weight excluding hydrogens is 332 g/mol. The number of fused-ring (bicyclic) bond motifs is 1. The molecule has 0 amide bonds. The highest BCUT2D eigenvalue weighted by atomic mass is 32.2.